The Morgan fingerprint density at radius 1 is 1.59 bits per heavy atom. The molecule has 1 aliphatic rings. The normalized spacial score (nSPS) is 20.9. The molecule has 1 unspecified atom stereocenters. The van der Waals surface area contributed by atoms with Gasteiger partial charge in [-0.15, -0.1) is 5.10 Å². The molecule has 0 amide bonds. The Labute approximate surface area is 99.4 Å². The van der Waals surface area contributed by atoms with Crippen molar-refractivity contribution in [2.75, 3.05) is 6.54 Å². The number of tetrazole rings is 1. The molecule has 1 N–H and O–H groups in total. The number of aliphatic carboxylic acids is 1. The van der Waals surface area contributed by atoms with E-state index in [1.807, 2.05) is 4.90 Å². The first-order valence-electron chi connectivity index (χ1n) is 5.94. The van der Waals surface area contributed by atoms with Crippen molar-refractivity contribution < 1.29 is 9.90 Å². The summed E-state index contributed by atoms with van der Waals surface area (Å²) in [4.78, 5) is 13.0. The smallest absolute Gasteiger partial charge is 0.320 e. The summed E-state index contributed by atoms with van der Waals surface area (Å²) in [6.07, 6.45) is 2.59. The SMILES string of the molecule is CCCn1nnnc1CN1CCCC1C(=O)O. The van der Waals surface area contributed by atoms with Crippen molar-refractivity contribution in [2.45, 2.75) is 45.3 Å². The summed E-state index contributed by atoms with van der Waals surface area (Å²) in [7, 11) is 0. The van der Waals surface area contributed by atoms with Crippen molar-refractivity contribution in [1.29, 1.82) is 0 Å². The molecule has 1 aromatic rings. The molecule has 7 heteroatoms. The molecule has 94 valence electrons. The van der Waals surface area contributed by atoms with Crippen LogP contribution in [-0.4, -0.2) is 48.8 Å². The van der Waals surface area contributed by atoms with E-state index in [9.17, 15) is 4.79 Å². The lowest BCUT2D eigenvalue weighted by Crippen LogP contribution is -2.36. The summed E-state index contributed by atoms with van der Waals surface area (Å²) in [5.74, 6) is -0.00276. The van der Waals surface area contributed by atoms with E-state index in [2.05, 4.69) is 22.4 Å². The second-order valence-corrected chi connectivity index (χ2v) is 4.28. The molecule has 0 bridgehead atoms. The highest BCUT2D eigenvalue weighted by atomic mass is 16.4. The Balaban J connectivity index is 2.04. The molecule has 1 aromatic heterocycles. The average Bonchev–Trinajstić information content (AvgIpc) is 2.89. The van der Waals surface area contributed by atoms with E-state index in [0.29, 0.717) is 13.0 Å². The molecule has 7 nitrogen and oxygen atoms in total. The van der Waals surface area contributed by atoms with Crippen LogP contribution in [0.1, 0.15) is 32.0 Å². The zero-order valence-corrected chi connectivity index (χ0v) is 9.91. The monoisotopic (exact) mass is 239 g/mol. The Hall–Kier alpha value is -1.50. The second kappa shape index (κ2) is 5.22. The summed E-state index contributed by atoms with van der Waals surface area (Å²) in [5, 5.41) is 20.6. The number of rotatable bonds is 5. The first kappa shape index (κ1) is 12.0. The van der Waals surface area contributed by atoms with Gasteiger partial charge in [0.2, 0.25) is 0 Å². The van der Waals surface area contributed by atoms with E-state index in [1.165, 1.54) is 0 Å². The van der Waals surface area contributed by atoms with Gasteiger partial charge in [-0.2, -0.15) is 0 Å². The third-order valence-electron chi connectivity index (χ3n) is 3.03. The van der Waals surface area contributed by atoms with Gasteiger partial charge in [0.05, 0.1) is 6.54 Å². The molecule has 1 fully saturated rings. The van der Waals surface area contributed by atoms with Crippen LogP contribution in [0.2, 0.25) is 0 Å². The standard InChI is InChI=1S/C10H17N5O2/c1-2-5-15-9(11-12-13-15)7-14-6-3-4-8(14)10(16)17/h8H,2-7H2,1H3,(H,16,17). The highest BCUT2D eigenvalue weighted by Crippen LogP contribution is 2.19. The number of carboxylic acid groups (broad SMARTS) is 1. The van der Waals surface area contributed by atoms with Gasteiger partial charge in [0.25, 0.3) is 0 Å². The van der Waals surface area contributed by atoms with E-state index in [1.54, 1.807) is 4.68 Å². The van der Waals surface area contributed by atoms with Crippen LogP contribution in [0.4, 0.5) is 0 Å². The van der Waals surface area contributed by atoms with Gasteiger partial charge < -0.3 is 5.11 Å². The number of aryl methyl sites for hydroxylation is 1. The van der Waals surface area contributed by atoms with Crippen molar-refractivity contribution in [1.82, 2.24) is 25.1 Å². The van der Waals surface area contributed by atoms with Crippen LogP contribution in [0.15, 0.2) is 0 Å². The molecule has 0 aliphatic carbocycles. The van der Waals surface area contributed by atoms with Crippen LogP contribution in [0.5, 0.6) is 0 Å². The summed E-state index contributed by atoms with van der Waals surface area (Å²) in [6.45, 7) is 4.15. The van der Waals surface area contributed by atoms with Crippen LogP contribution in [0.3, 0.4) is 0 Å². The summed E-state index contributed by atoms with van der Waals surface area (Å²) in [6, 6.07) is -0.387. The third kappa shape index (κ3) is 2.60. The van der Waals surface area contributed by atoms with E-state index in [-0.39, 0.29) is 6.04 Å². The van der Waals surface area contributed by atoms with Gasteiger partial charge in [0, 0.05) is 6.54 Å². The molecule has 0 aromatic carbocycles. The first-order chi connectivity index (χ1) is 8.22. The van der Waals surface area contributed by atoms with E-state index in [4.69, 9.17) is 5.11 Å². The quantitative estimate of drug-likeness (QED) is 0.786. The summed E-state index contributed by atoms with van der Waals surface area (Å²) < 4.78 is 1.75. The topological polar surface area (TPSA) is 84.1 Å². The third-order valence-corrected chi connectivity index (χ3v) is 3.03. The van der Waals surface area contributed by atoms with Crippen LogP contribution in [0.25, 0.3) is 0 Å². The zero-order valence-electron chi connectivity index (χ0n) is 9.91. The van der Waals surface area contributed by atoms with Crippen molar-refractivity contribution in [3.8, 4) is 0 Å². The average molecular weight is 239 g/mol. The zero-order chi connectivity index (χ0) is 12.3. The van der Waals surface area contributed by atoms with Gasteiger partial charge in [0.1, 0.15) is 6.04 Å². The maximum Gasteiger partial charge on any atom is 0.320 e. The number of hydrogen-bond acceptors (Lipinski definition) is 5. The van der Waals surface area contributed by atoms with Gasteiger partial charge in [0.15, 0.2) is 5.82 Å². The van der Waals surface area contributed by atoms with Crippen LogP contribution in [-0.2, 0) is 17.9 Å². The largest absolute Gasteiger partial charge is 0.480 e. The van der Waals surface area contributed by atoms with Crippen LogP contribution in [0, 0.1) is 0 Å². The molecule has 0 saturated carbocycles. The van der Waals surface area contributed by atoms with Crippen LogP contribution < -0.4 is 0 Å². The van der Waals surface area contributed by atoms with Crippen molar-refractivity contribution in [3.63, 3.8) is 0 Å². The fraction of sp³-hybridized carbons (Fsp3) is 0.800. The van der Waals surface area contributed by atoms with Gasteiger partial charge in [-0.05, 0) is 36.2 Å². The van der Waals surface area contributed by atoms with Gasteiger partial charge in [-0.25, -0.2) is 4.68 Å². The number of nitrogens with zero attached hydrogens (tertiary/aromatic N) is 5. The van der Waals surface area contributed by atoms with Crippen molar-refractivity contribution in [2.24, 2.45) is 0 Å². The number of hydrogen-bond donors (Lipinski definition) is 1. The molecular weight excluding hydrogens is 222 g/mol. The lowest BCUT2D eigenvalue weighted by Gasteiger charge is -2.19. The number of carboxylic acids is 1. The fourth-order valence-electron chi connectivity index (χ4n) is 2.20. The highest BCUT2D eigenvalue weighted by molar-refractivity contribution is 5.73. The van der Waals surface area contributed by atoms with E-state index >= 15 is 0 Å². The predicted molar refractivity (Wildman–Crippen MR) is 59.2 cm³/mol. The minimum absolute atomic E-state index is 0.387. The van der Waals surface area contributed by atoms with Crippen molar-refractivity contribution in [3.05, 3.63) is 5.82 Å². The van der Waals surface area contributed by atoms with Crippen molar-refractivity contribution >= 4 is 5.97 Å². The molecule has 1 atom stereocenters. The van der Waals surface area contributed by atoms with E-state index in [0.717, 1.165) is 31.8 Å². The Morgan fingerprint density at radius 3 is 3.12 bits per heavy atom. The molecule has 1 aliphatic heterocycles. The lowest BCUT2D eigenvalue weighted by atomic mass is 10.2. The highest BCUT2D eigenvalue weighted by Gasteiger charge is 2.31. The molecule has 0 spiro atoms. The molecule has 2 rings (SSSR count). The minimum Gasteiger partial charge on any atom is -0.480 e. The molecule has 2 heterocycles. The predicted octanol–water partition coefficient (Wildman–Crippen LogP) is 0.132. The Bertz CT molecular complexity index is 392. The minimum atomic E-state index is -0.753. The number of likely N-dealkylation sites (tertiary alicyclic amines) is 1. The molecule has 1 saturated heterocycles. The van der Waals surface area contributed by atoms with Gasteiger partial charge >= 0.3 is 5.97 Å². The first-order valence-corrected chi connectivity index (χ1v) is 5.94. The molecular formula is C10H17N5O2. The summed E-state index contributed by atoms with van der Waals surface area (Å²) in [5.41, 5.74) is 0. The van der Waals surface area contributed by atoms with Gasteiger partial charge in [-0.3, -0.25) is 9.69 Å². The molecule has 0 radical (unpaired) electrons. The Morgan fingerprint density at radius 2 is 2.41 bits per heavy atom. The number of carbonyl (C=O) groups is 1. The fourth-order valence-corrected chi connectivity index (χ4v) is 2.20. The van der Waals surface area contributed by atoms with E-state index < -0.39 is 5.97 Å². The van der Waals surface area contributed by atoms with Gasteiger partial charge in [-0.1, -0.05) is 6.92 Å². The maximum atomic E-state index is 11.1. The number of aromatic nitrogens is 4. The van der Waals surface area contributed by atoms with Crippen LogP contribution >= 0.6 is 0 Å². The second-order valence-electron chi connectivity index (χ2n) is 4.28. The lowest BCUT2D eigenvalue weighted by molar-refractivity contribution is -0.142. The maximum absolute atomic E-state index is 11.1. The summed E-state index contributed by atoms with van der Waals surface area (Å²) >= 11 is 0. The Kier molecular flexibility index (Phi) is 3.68. The molecule has 17 heavy (non-hydrogen) atoms.